The third-order valence-electron chi connectivity index (χ3n) is 4.22. The van der Waals surface area contributed by atoms with Crippen molar-refractivity contribution < 1.29 is 28.8 Å². The Labute approximate surface area is 164 Å². The summed E-state index contributed by atoms with van der Waals surface area (Å²) in [6.45, 7) is 0.325. The molecule has 0 bridgehead atoms. The minimum Gasteiger partial charge on any atom is -0.454 e. The van der Waals surface area contributed by atoms with Gasteiger partial charge in [-0.2, -0.15) is 0 Å². The maximum atomic E-state index is 12.2. The molecule has 0 aromatic heterocycles. The number of non-ortho nitro benzene ring substituents is 1. The molecule has 2 aromatic carbocycles. The highest BCUT2D eigenvalue weighted by Crippen LogP contribution is 2.22. The molecule has 1 heterocycles. The van der Waals surface area contributed by atoms with Gasteiger partial charge in [-0.1, -0.05) is 12.1 Å². The van der Waals surface area contributed by atoms with Crippen LogP contribution in [0.2, 0.25) is 0 Å². The summed E-state index contributed by atoms with van der Waals surface area (Å²) in [5.74, 6) is -2.80. The van der Waals surface area contributed by atoms with Gasteiger partial charge >= 0.3 is 5.97 Å². The second kappa shape index (κ2) is 7.89. The van der Waals surface area contributed by atoms with Crippen LogP contribution in [0.1, 0.15) is 26.3 Å². The fraction of sp³-hybridized carbons (Fsp3) is 0.158. The number of anilines is 1. The third-order valence-corrected chi connectivity index (χ3v) is 4.22. The Morgan fingerprint density at radius 1 is 1.10 bits per heavy atom. The lowest BCUT2D eigenvalue weighted by Gasteiger charge is -2.13. The highest BCUT2D eigenvalue weighted by atomic mass is 16.6. The van der Waals surface area contributed by atoms with Gasteiger partial charge in [0.2, 0.25) is 0 Å². The van der Waals surface area contributed by atoms with Crippen LogP contribution in [-0.2, 0) is 14.3 Å². The summed E-state index contributed by atoms with van der Waals surface area (Å²) in [6.07, 6.45) is 0. The van der Waals surface area contributed by atoms with Gasteiger partial charge in [0.1, 0.15) is 6.54 Å². The van der Waals surface area contributed by atoms with Gasteiger partial charge in [-0.3, -0.25) is 34.2 Å². The number of benzene rings is 2. The van der Waals surface area contributed by atoms with Crippen LogP contribution < -0.4 is 5.32 Å². The fourth-order valence-electron chi connectivity index (χ4n) is 2.79. The standard InChI is InChI=1S/C19H15N3O7/c1-11-8-12(22(27)28)6-7-15(11)20-16(23)10-29-17(24)9-21-18(25)13-4-2-3-5-14(13)19(21)26/h2-8H,9-10H2,1H3,(H,20,23). The molecule has 0 saturated heterocycles. The highest BCUT2D eigenvalue weighted by molar-refractivity contribution is 6.22. The molecule has 1 aliphatic rings. The molecule has 0 saturated carbocycles. The molecule has 148 valence electrons. The average molecular weight is 397 g/mol. The molecule has 10 heteroatoms. The molecule has 0 unspecified atom stereocenters. The number of carbonyl (C=O) groups excluding carboxylic acids is 4. The van der Waals surface area contributed by atoms with Crippen molar-refractivity contribution in [2.45, 2.75) is 6.92 Å². The lowest BCUT2D eigenvalue weighted by molar-refractivity contribution is -0.384. The molecule has 3 rings (SSSR count). The molecule has 3 amide bonds. The Hall–Kier alpha value is -4.08. The van der Waals surface area contributed by atoms with Crippen LogP contribution in [0.25, 0.3) is 0 Å². The van der Waals surface area contributed by atoms with Crippen LogP contribution in [0, 0.1) is 17.0 Å². The van der Waals surface area contributed by atoms with Crippen molar-refractivity contribution in [3.63, 3.8) is 0 Å². The van der Waals surface area contributed by atoms with Crippen molar-refractivity contribution in [3.05, 3.63) is 69.3 Å². The van der Waals surface area contributed by atoms with Crippen LogP contribution in [0.3, 0.4) is 0 Å². The summed E-state index contributed by atoms with van der Waals surface area (Å²) in [6, 6.07) is 10.1. The van der Waals surface area contributed by atoms with Gasteiger partial charge in [-0.25, -0.2) is 0 Å². The Morgan fingerprint density at radius 3 is 2.28 bits per heavy atom. The minimum atomic E-state index is -0.921. The smallest absolute Gasteiger partial charge is 0.326 e. The highest BCUT2D eigenvalue weighted by Gasteiger charge is 2.36. The molecule has 2 aromatic rings. The molecule has 0 spiro atoms. The van der Waals surface area contributed by atoms with E-state index in [4.69, 9.17) is 4.74 Å². The van der Waals surface area contributed by atoms with E-state index in [0.717, 1.165) is 4.90 Å². The number of fused-ring (bicyclic) bond motifs is 1. The first-order valence-electron chi connectivity index (χ1n) is 8.43. The quantitative estimate of drug-likeness (QED) is 0.339. The SMILES string of the molecule is Cc1cc([N+](=O)[O-])ccc1NC(=O)COC(=O)CN1C(=O)c2ccccc2C1=O. The first-order chi connectivity index (χ1) is 13.8. The van der Waals surface area contributed by atoms with Gasteiger partial charge in [0.05, 0.1) is 16.1 Å². The Bertz CT molecular complexity index is 1010. The van der Waals surface area contributed by atoms with E-state index < -0.39 is 41.8 Å². The monoisotopic (exact) mass is 397 g/mol. The Balaban J connectivity index is 1.54. The van der Waals surface area contributed by atoms with E-state index in [1.807, 2.05) is 0 Å². The van der Waals surface area contributed by atoms with Gasteiger partial charge in [0.15, 0.2) is 6.61 Å². The molecule has 0 fully saturated rings. The van der Waals surface area contributed by atoms with E-state index in [1.54, 1.807) is 19.1 Å². The summed E-state index contributed by atoms with van der Waals surface area (Å²) in [5.41, 5.74) is 1.09. The molecular weight excluding hydrogens is 382 g/mol. The number of esters is 1. The topological polar surface area (TPSA) is 136 Å². The van der Waals surface area contributed by atoms with Gasteiger partial charge < -0.3 is 10.1 Å². The maximum Gasteiger partial charge on any atom is 0.326 e. The van der Waals surface area contributed by atoms with E-state index in [0.29, 0.717) is 11.3 Å². The number of ether oxygens (including phenoxy) is 1. The molecule has 1 aliphatic heterocycles. The second-order valence-electron chi connectivity index (χ2n) is 6.21. The number of nitro benzene ring substituents is 1. The van der Waals surface area contributed by atoms with Crippen LogP contribution >= 0.6 is 0 Å². The molecular formula is C19H15N3O7. The minimum absolute atomic E-state index is 0.118. The summed E-state index contributed by atoms with van der Waals surface area (Å²) < 4.78 is 4.83. The maximum absolute atomic E-state index is 12.2. The number of aryl methyl sites for hydroxylation is 1. The number of hydrogen-bond donors (Lipinski definition) is 1. The summed E-state index contributed by atoms with van der Waals surface area (Å²) in [7, 11) is 0. The fourth-order valence-corrected chi connectivity index (χ4v) is 2.79. The lowest BCUT2D eigenvalue weighted by atomic mass is 10.1. The Kier molecular flexibility index (Phi) is 5.35. The van der Waals surface area contributed by atoms with Crippen LogP contribution in [-0.4, -0.2) is 46.7 Å². The van der Waals surface area contributed by atoms with Crippen LogP contribution in [0.15, 0.2) is 42.5 Å². The first-order valence-corrected chi connectivity index (χ1v) is 8.43. The van der Waals surface area contributed by atoms with E-state index in [1.165, 1.54) is 30.3 Å². The number of nitro groups is 1. The molecule has 0 radical (unpaired) electrons. The number of imide groups is 1. The summed E-state index contributed by atoms with van der Waals surface area (Å²) in [4.78, 5) is 59.3. The van der Waals surface area contributed by atoms with E-state index in [-0.39, 0.29) is 16.8 Å². The van der Waals surface area contributed by atoms with Crippen molar-refractivity contribution >= 4 is 35.1 Å². The summed E-state index contributed by atoms with van der Waals surface area (Å²) in [5, 5.41) is 13.2. The first kappa shape index (κ1) is 19.7. The molecule has 29 heavy (non-hydrogen) atoms. The molecule has 0 atom stereocenters. The van der Waals surface area contributed by atoms with E-state index >= 15 is 0 Å². The number of amides is 3. The predicted molar refractivity (Wildman–Crippen MR) is 99.2 cm³/mol. The zero-order valence-electron chi connectivity index (χ0n) is 15.2. The van der Waals surface area contributed by atoms with Crippen LogP contribution in [0.4, 0.5) is 11.4 Å². The Morgan fingerprint density at radius 2 is 1.72 bits per heavy atom. The predicted octanol–water partition coefficient (Wildman–Crippen LogP) is 1.68. The average Bonchev–Trinajstić information content (AvgIpc) is 2.93. The molecule has 1 N–H and O–H groups in total. The van der Waals surface area contributed by atoms with Crippen molar-refractivity contribution in [2.75, 3.05) is 18.5 Å². The van der Waals surface area contributed by atoms with Crippen molar-refractivity contribution in [3.8, 4) is 0 Å². The normalized spacial score (nSPS) is 12.5. The van der Waals surface area contributed by atoms with Gasteiger partial charge in [0.25, 0.3) is 23.4 Å². The number of rotatable bonds is 6. The van der Waals surface area contributed by atoms with E-state index in [2.05, 4.69) is 5.32 Å². The number of nitrogens with zero attached hydrogens (tertiary/aromatic N) is 2. The third kappa shape index (κ3) is 4.10. The van der Waals surface area contributed by atoms with Gasteiger partial charge in [-0.05, 0) is 30.7 Å². The van der Waals surface area contributed by atoms with Crippen molar-refractivity contribution in [1.29, 1.82) is 0 Å². The van der Waals surface area contributed by atoms with Crippen molar-refractivity contribution in [1.82, 2.24) is 4.90 Å². The number of carbonyl (C=O) groups is 4. The molecule has 0 aliphatic carbocycles. The second-order valence-corrected chi connectivity index (χ2v) is 6.21. The van der Waals surface area contributed by atoms with Crippen LogP contribution in [0.5, 0.6) is 0 Å². The van der Waals surface area contributed by atoms with E-state index in [9.17, 15) is 29.3 Å². The zero-order chi connectivity index (χ0) is 21.1. The molecule has 10 nitrogen and oxygen atoms in total. The number of nitrogens with one attached hydrogen (secondary N) is 1. The number of hydrogen-bond acceptors (Lipinski definition) is 7. The van der Waals surface area contributed by atoms with Gasteiger partial charge in [-0.15, -0.1) is 0 Å². The lowest BCUT2D eigenvalue weighted by Crippen LogP contribution is -2.36. The van der Waals surface area contributed by atoms with Gasteiger partial charge in [0, 0.05) is 17.8 Å². The zero-order valence-corrected chi connectivity index (χ0v) is 15.2. The van der Waals surface area contributed by atoms with Crippen molar-refractivity contribution in [2.24, 2.45) is 0 Å². The summed E-state index contributed by atoms with van der Waals surface area (Å²) >= 11 is 0. The largest absolute Gasteiger partial charge is 0.454 e.